The second kappa shape index (κ2) is 9.27. The van der Waals surface area contributed by atoms with Gasteiger partial charge >= 0.3 is 6.18 Å². The van der Waals surface area contributed by atoms with E-state index in [-0.39, 0.29) is 5.75 Å². The van der Waals surface area contributed by atoms with Gasteiger partial charge in [0.15, 0.2) is 12.6 Å². The fourth-order valence-electron chi connectivity index (χ4n) is 1.80. The predicted octanol–water partition coefficient (Wildman–Crippen LogP) is 3.34. The Morgan fingerprint density at radius 2 is 2.00 bits per heavy atom. The molecule has 0 amide bonds. The van der Waals surface area contributed by atoms with E-state index >= 15 is 0 Å². The number of hydrogen-bond acceptors (Lipinski definition) is 2. The molecule has 0 unspecified atom stereocenters. The van der Waals surface area contributed by atoms with Crippen LogP contribution in [0.15, 0.2) is 29.3 Å². The van der Waals surface area contributed by atoms with Gasteiger partial charge in [-0.2, -0.15) is 13.2 Å². The molecule has 2 N–H and O–H groups in total. The molecule has 0 aromatic heterocycles. The average molecular weight is 331 g/mol. The van der Waals surface area contributed by atoms with Gasteiger partial charge in [0.2, 0.25) is 0 Å². The Morgan fingerprint density at radius 3 is 2.61 bits per heavy atom. The summed E-state index contributed by atoms with van der Waals surface area (Å²) >= 11 is 0. The first-order valence-electron chi connectivity index (χ1n) is 7.53. The number of benzene rings is 1. The molecule has 23 heavy (non-hydrogen) atoms. The SMILES string of the molecule is CN=C(NCCC(C)C)NCc1cccc(OCC(F)(F)F)c1. The molecule has 1 aromatic rings. The minimum atomic E-state index is -4.34. The molecule has 0 saturated heterocycles. The van der Waals surface area contributed by atoms with E-state index in [0.29, 0.717) is 18.4 Å². The topological polar surface area (TPSA) is 45.7 Å². The molecule has 1 rings (SSSR count). The van der Waals surface area contributed by atoms with Crippen molar-refractivity contribution >= 4 is 5.96 Å². The third-order valence-electron chi connectivity index (χ3n) is 3.00. The standard InChI is InChI=1S/C16H24F3N3O/c1-12(2)7-8-21-15(20-3)22-10-13-5-4-6-14(9-13)23-11-16(17,18)19/h4-6,9,12H,7-8,10-11H2,1-3H3,(H2,20,21,22). The average Bonchev–Trinajstić information content (AvgIpc) is 2.48. The van der Waals surface area contributed by atoms with Crippen molar-refractivity contribution in [1.29, 1.82) is 0 Å². The van der Waals surface area contributed by atoms with Crippen molar-refractivity contribution in [2.45, 2.75) is 33.0 Å². The van der Waals surface area contributed by atoms with Crippen LogP contribution < -0.4 is 15.4 Å². The van der Waals surface area contributed by atoms with E-state index in [0.717, 1.165) is 18.5 Å². The van der Waals surface area contributed by atoms with E-state index < -0.39 is 12.8 Å². The minimum Gasteiger partial charge on any atom is -0.484 e. The molecule has 0 bridgehead atoms. The summed E-state index contributed by atoms with van der Waals surface area (Å²) in [5, 5.41) is 6.31. The second-order valence-electron chi connectivity index (χ2n) is 5.59. The highest BCUT2D eigenvalue weighted by molar-refractivity contribution is 5.79. The first kappa shape index (κ1) is 19.1. The van der Waals surface area contributed by atoms with Crippen LogP contribution in [0.2, 0.25) is 0 Å². The highest BCUT2D eigenvalue weighted by Gasteiger charge is 2.28. The Balaban J connectivity index is 2.47. The molecule has 0 aliphatic carbocycles. The van der Waals surface area contributed by atoms with E-state index in [2.05, 4.69) is 29.5 Å². The van der Waals surface area contributed by atoms with Crippen LogP contribution in [0.4, 0.5) is 13.2 Å². The molecule has 0 saturated carbocycles. The van der Waals surface area contributed by atoms with Crippen LogP contribution in [0, 0.1) is 5.92 Å². The molecule has 0 atom stereocenters. The molecule has 0 radical (unpaired) electrons. The number of guanidine groups is 1. The Morgan fingerprint density at radius 1 is 1.26 bits per heavy atom. The van der Waals surface area contributed by atoms with Crippen LogP contribution in [-0.4, -0.2) is 32.3 Å². The van der Waals surface area contributed by atoms with Gasteiger partial charge in [0.05, 0.1) is 0 Å². The summed E-state index contributed by atoms with van der Waals surface area (Å²) in [6, 6.07) is 6.57. The van der Waals surface area contributed by atoms with E-state index in [4.69, 9.17) is 4.74 Å². The van der Waals surface area contributed by atoms with Crippen LogP contribution in [0.1, 0.15) is 25.8 Å². The summed E-state index contributed by atoms with van der Waals surface area (Å²) in [4.78, 5) is 4.11. The highest BCUT2D eigenvalue weighted by Crippen LogP contribution is 2.19. The number of aliphatic imine (C=N–C) groups is 1. The normalized spacial score (nSPS) is 12.4. The van der Waals surface area contributed by atoms with Gasteiger partial charge < -0.3 is 15.4 Å². The van der Waals surface area contributed by atoms with Gasteiger partial charge in [0.25, 0.3) is 0 Å². The van der Waals surface area contributed by atoms with Crippen LogP contribution in [0.25, 0.3) is 0 Å². The highest BCUT2D eigenvalue weighted by atomic mass is 19.4. The summed E-state index contributed by atoms with van der Waals surface area (Å²) < 4.78 is 41.2. The van der Waals surface area contributed by atoms with E-state index in [9.17, 15) is 13.2 Å². The molecular weight excluding hydrogens is 307 g/mol. The summed E-state index contributed by atoms with van der Waals surface area (Å²) in [5.74, 6) is 1.46. The van der Waals surface area contributed by atoms with Crippen molar-refractivity contribution in [2.24, 2.45) is 10.9 Å². The third kappa shape index (κ3) is 8.95. The van der Waals surface area contributed by atoms with Gasteiger partial charge in [0, 0.05) is 20.1 Å². The first-order valence-corrected chi connectivity index (χ1v) is 7.53. The van der Waals surface area contributed by atoms with Crippen LogP contribution in [0.3, 0.4) is 0 Å². The van der Waals surface area contributed by atoms with Gasteiger partial charge in [-0.1, -0.05) is 26.0 Å². The zero-order valence-corrected chi connectivity index (χ0v) is 13.7. The number of nitrogens with one attached hydrogen (secondary N) is 2. The zero-order valence-electron chi connectivity index (χ0n) is 13.7. The molecule has 1 aromatic carbocycles. The maximum atomic E-state index is 12.2. The smallest absolute Gasteiger partial charge is 0.422 e. The van der Waals surface area contributed by atoms with Gasteiger partial charge in [-0.25, -0.2) is 0 Å². The maximum Gasteiger partial charge on any atom is 0.422 e. The number of alkyl halides is 3. The van der Waals surface area contributed by atoms with Gasteiger partial charge in [-0.3, -0.25) is 4.99 Å². The fraction of sp³-hybridized carbons (Fsp3) is 0.562. The van der Waals surface area contributed by atoms with Gasteiger partial charge in [-0.15, -0.1) is 0 Å². The Labute approximate surface area is 135 Å². The summed E-state index contributed by atoms with van der Waals surface area (Å²) in [7, 11) is 1.67. The van der Waals surface area contributed by atoms with Crippen molar-refractivity contribution in [3.05, 3.63) is 29.8 Å². The molecule has 0 spiro atoms. The zero-order chi connectivity index (χ0) is 17.3. The van der Waals surface area contributed by atoms with Crippen molar-refractivity contribution in [3.8, 4) is 5.75 Å². The van der Waals surface area contributed by atoms with Gasteiger partial charge in [0.1, 0.15) is 5.75 Å². The molecule has 0 aliphatic rings. The van der Waals surface area contributed by atoms with Crippen molar-refractivity contribution in [2.75, 3.05) is 20.2 Å². The maximum absolute atomic E-state index is 12.2. The van der Waals surface area contributed by atoms with E-state index in [1.165, 1.54) is 6.07 Å². The predicted molar refractivity (Wildman–Crippen MR) is 85.6 cm³/mol. The fourth-order valence-corrected chi connectivity index (χ4v) is 1.80. The number of nitrogens with zero attached hydrogens (tertiary/aromatic N) is 1. The van der Waals surface area contributed by atoms with Crippen LogP contribution in [0.5, 0.6) is 5.75 Å². The van der Waals surface area contributed by atoms with E-state index in [1.807, 2.05) is 6.07 Å². The molecule has 0 aliphatic heterocycles. The number of hydrogen-bond donors (Lipinski definition) is 2. The monoisotopic (exact) mass is 331 g/mol. The molecule has 7 heteroatoms. The summed E-state index contributed by atoms with van der Waals surface area (Å²) in [6.07, 6.45) is -3.31. The molecule has 4 nitrogen and oxygen atoms in total. The van der Waals surface area contributed by atoms with Crippen molar-refractivity contribution < 1.29 is 17.9 Å². The minimum absolute atomic E-state index is 0.198. The first-order chi connectivity index (χ1) is 10.8. The summed E-state index contributed by atoms with van der Waals surface area (Å²) in [6.45, 7) is 4.26. The lowest BCUT2D eigenvalue weighted by molar-refractivity contribution is -0.153. The Kier molecular flexibility index (Phi) is 7.71. The lowest BCUT2D eigenvalue weighted by atomic mass is 10.1. The lowest BCUT2D eigenvalue weighted by Crippen LogP contribution is -2.37. The number of halogens is 3. The third-order valence-corrected chi connectivity index (χ3v) is 3.00. The van der Waals surface area contributed by atoms with Crippen LogP contribution in [-0.2, 0) is 6.54 Å². The molecule has 130 valence electrons. The summed E-state index contributed by atoms with van der Waals surface area (Å²) in [5.41, 5.74) is 0.816. The number of ether oxygens (including phenoxy) is 1. The lowest BCUT2D eigenvalue weighted by Gasteiger charge is -2.14. The number of rotatable bonds is 7. The van der Waals surface area contributed by atoms with Crippen molar-refractivity contribution in [3.63, 3.8) is 0 Å². The molecule has 0 fully saturated rings. The quantitative estimate of drug-likeness (QED) is 0.595. The second-order valence-corrected chi connectivity index (χ2v) is 5.59. The molecular formula is C16H24F3N3O. The largest absolute Gasteiger partial charge is 0.484 e. The van der Waals surface area contributed by atoms with E-state index in [1.54, 1.807) is 19.2 Å². The Bertz CT molecular complexity index is 502. The molecule has 0 heterocycles. The van der Waals surface area contributed by atoms with Crippen molar-refractivity contribution in [1.82, 2.24) is 10.6 Å². The van der Waals surface area contributed by atoms with Crippen LogP contribution >= 0.6 is 0 Å². The Hall–Kier alpha value is -1.92. The van der Waals surface area contributed by atoms with Gasteiger partial charge in [-0.05, 0) is 30.0 Å².